The molecule has 0 spiro atoms. The van der Waals surface area contributed by atoms with Crippen molar-refractivity contribution in [1.82, 2.24) is 26.2 Å². The largest absolute Gasteiger partial charge is 0.460 e. The molecule has 15 heteroatoms. The van der Waals surface area contributed by atoms with Crippen LogP contribution in [0.4, 0.5) is 0 Å². The number of aliphatic hydroxyl groups is 1. The third kappa shape index (κ3) is 13.0. The molecule has 296 valence electrons. The number of carbonyl (C=O) groups is 6. The molecular formula is C37H64N6O9. The summed E-state index contributed by atoms with van der Waals surface area (Å²) in [5, 5.41) is 20.5. The number of hydrogen-bond donors (Lipinski definition) is 6. The molecule has 7 N–H and O–H groups in total. The highest BCUT2D eigenvalue weighted by molar-refractivity contribution is 5.96. The Bertz CT molecular complexity index is 1190. The van der Waals surface area contributed by atoms with E-state index >= 15 is 0 Å². The Morgan fingerprint density at radius 2 is 1.50 bits per heavy atom. The van der Waals surface area contributed by atoms with Crippen molar-refractivity contribution in [3.8, 4) is 0 Å². The van der Waals surface area contributed by atoms with Crippen molar-refractivity contribution in [1.29, 1.82) is 0 Å². The number of nitrogens with two attached hydrogens (primary N) is 1. The van der Waals surface area contributed by atoms with Gasteiger partial charge in [0, 0.05) is 13.6 Å². The predicted octanol–water partition coefficient (Wildman–Crippen LogP) is 1.19. The van der Waals surface area contributed by atoms with Gasteiger partial charge in [-0.2, -0.15) is 0 Å². The molecule has 0 aromatic rings. The summed E-state index contributed by atoms with van der Waals surface area (Å²) in [7, 11) is 1.56. The van der Waals surface area contributed by atoms with Crippen LogP contribution < -0.4 is 27.0 Å². The number of ether oxygens (including phenoxy) is 2. The Hall–Kier alpha value is -3.30. The number of nitrogens with one attached hydrogen (secondary N) is 4. The zero-order valence-electron chi connectivity index (χ0n) is 31.7. The molecule has 0 bridgehead atoms. The van der Waals surface area contributed by atoms with E-state index in [0.717, 1.165) is 44.9 Å². The van der Waals surface area contributed by atoms with Gasteiger partial charge in [0.05, 0.1) is 24.7 Å². The van der Waals surface area contributed by atoms with Crippen molar-refractivity contribution in [2.45, 2.75) is 160 Å². The summed E-state index contributed by atoms with van der Waals surface area (Å²) in [6, 6.07) is -4.41. The van der Waals surface area contributed by atoms with Crippen LogP contribution in [0.25, 0.3) is 0 Å². The summed E-state index contributed by atoms with van der Waals surface area (Å²) in [5.74, 6) is -4.67. The molecule has 3 aliphatic rings. The van der Waals surface area contributed by atoms with Gasteiger partial charge in [-0.15, -0.1) is 0 Å². The van der Waals surface area contributed by atoms with Gasteiger partial charge in [-0.25, -0.2) is 0 Å². The van der Waals surface area contributed by atoms with E-state index in [1.54, 1.807) is 14.0 Å². The minimum Gasteiger partial charge on any atom is -0.460 e. The van der Waals surface area contributed by atoms with E-state index in [9.17, 15) is 33.9 Å². The average molecular weight is 737 g/mol. The Morgan fingerprint density at radius 3 is 2.12 bits per heavy atom. The minimum atomic E-state index is -1.27. The van der Waals surface area contributed by atoms with Crippen molar-refractivity contribution >= 4 is 35.5 Å². The van der Waals surface area contributed by atoms with Crippen LogP contribution in [0.15, 0.2) is 0 Å². The zero-order chi connectivity index (χ0) is 38.2. The first-order valence-corrected chi connectivity index (χ1v) is 19.5. The molecule has 1 heterocycles. The molecule has 2 aliphatic carbocycles. The third-order valence-corrected chi connectivity index (χ3v) is 10.7. The summed E-state index contributed by atoms with van der Waals surface area (Å²) in [6.45, 7) is 4.57. The molecule has 0 unspecified atom stereocenters. The number of likely N-dealkylation sites (N-methyl/N-ethyl adjacent to an activating group) is 1. The normalized spacial score (nSPS) is 31.1. The molecule has 15 nitrogen and oxygen atoms in total. The fourth-order valence-corrected chi connectivity index (χ4v) is 7.23. The average Bonchev–Trinajstić information content (AvgIpc) is 3.40. The van der Waals surface area contributed by atoms with Crippen LogP contribution in [0.5, 0.6) is 0 Å². The summed E-state index contributed by atoms with van der Waals surface area (Å²) in [5.41, 5.74) is 5.98. The molecule has 6 atom stereocenters. The van der Waals surface area contributed by atoms with Crippen LogP contribution >= 0.6 is 0 Å². The maximum atomic E-state index is 14.1. The number of esters is 1. The van der Waals surface area contributed by atoms with Crippen LogP contribution in [0.1, 0.15) is 117 Å². The molecule has 2 saturated carbocycles. The van der Waals surface area contributed by atoms with Gasteiger partial charge in [0.2, 0.25) is 29.5 Å². The standard InChI is InChI=1S/C37H64N6O9/c1-5-7-8-13-17-30-23(3)37(50)43(4)29(14-6-2)35(48)42-32(24-15-11-9-10-12-16-24)36(49)40-27(20-38)34(47)41-28(22-51-26-18-25(44)19-26)33(46)39-21-31(45)52-30/h23-30,32,44H,5-22,38H2,1-4H3,(H,39,46)(H,40,49)(H,41,47)(H,42,48)/t23-,25?,26?,27+,28+,29+,30-,32+/m1/s1. The van der Waals surface area contributed by atoms with Gasteiger partial charge in [-0.3, -0.25) is 28.8 Å². The lowest BCUT2D eigenvalue weighted by atomic mass is 9.90. The Kier molecular flexibility index (Phi) is 18.3. The van der Waals surface area contributed by atoms with Crippen LogP contribution in [-0.4, -0.2) is 115 Å². The van der Waals surface area contributed by atoms with E-state index < -0.39 is 78.4 Å². The van der Waals surface area contributed by atoms with Gasteiger partial charge < -0.3 is 46.5 Å². The molecule has 0 aromatic heterocycles. The fourth-order valence-electron chi connectivity index (χ4n) is 7.23. The summed E-state index contributed by atoms with van der Waals surface area (Å²) in [4.78, 5) is 83.7. The molecular weight excluding hydrogens is 672 g/mol. The number of unbranched alkanes of at least 4 members (excludes halogenated alkanes) is 3. The smallest absolute Gasteiger partial charge is 0.325 e. The maximum absolute atomic E-state index is 14.1. The number of cyclic esters (lactones) is 1. The van der Waals surface area contributed by atoms with E-state index in [-0.39, 0.29) is 31.1 Å². The Balaban J connectivity index is 1.98. The number of amides is 5. The van der Waals surface area contributed by atoms with Gasteiger partial charge >= 0.3 is 5.97 Å². The van der Waals surface area contributed by atoms with Crippen LogP contribution in [-0.2, 0) is 38.2 Å². The lowest BCUT2D eigenvalue weighted by Crippen LogP contribution is -2.62. The van der Waals surface area contributed by atoms with E-state index in [0.29, 0.717) is 51.4 Å². The first-order chi connectivity index (χ1) is 24.9. The quantitative estimate of drug-likeness (QED) is 0.0955. The fraction of sp³-hybridized carbons (Fsp3) is 0.838. The molecule has 5 amide bonds. The summed E-state index contributed by atoms with van der Waals surface area (Å²) in [6.07, 6.45) is 9.22. The molecule has 1 aliphatic heterocycles. The van der Waals surface area contributed by atoms with Crippen LogP contribution in [0.2, 0.25) is 0 Å². The molecule has 0 aromatic carbocycles. The summed E-state index contributed by atoms with van der Waals surface area (Å²) >= 11 is 0. The third-order valence-electron chi connectivity index (χ3n) is 10.7. The van der Waals surface area contributed by atoms with Crippen molar-refractivity contribution in [2.24, 2.45) is 17.6 Å². The molecule has 3 rings (SSSR count). The van der Waals surface area contributed by atoms with E-state index in [2.05, 4.69) is 28.2 Å². The SMILES string of the molecule is CCCCCC[C@H]1OC(=O)CNC(=O)[C@H](COC2CC(O)C2)NC(=O)[C@H](CN)NC(=O)[C@H](C2CCCCCC2)NC(=O)[C@H](CCC)N(C)C(=O)[C@@H]1C. The summed E-state index contributed by atoms with van der Waals surface area (Å²) < 4.78 is 11.6. The number of rotatable bonds is 12. The van der Waals surface area contributed by atoms with Crippen molar-refractivity contribution < 1.29 is 43.3 Å². The first kappa shape index (κ1) is 43.1. The molecule has 3 fully saturated rings. The van der Waals surface area contributed by atoms with E-state index in [4.69, 9.17) is 15.2 Å². The van der Waals surface area contributed by atoms with Gasteiger partial charge in [0.25, 0.3) is 0 Å². The van der Waals surface area contributed by atoms with Gasteiger partial charge in [0.15, 0.2) is 0 Å². The number of hydrogen-bond acceptors (Lipinski definition) is 10. The number of aliphatic hydroxyl groups excluding tert-OH is 1. The minimum absolute atomic E-state index is 0.207. The van der Waals surface area contributed by atoms with Gasteiger partial charge in [-0.05, 0) is 50.9 Å². The Morgan fingerprint density at radius 1 is 0.827 bits per heavy atom. The highest BCUT2D eigenvalue weighted by atomic mass is 16.5. The predicted molar refractivity (Wildman–Crippen MR) is 193 cm³/mol. The monoisotopic (exact) mass is 736 g/mol. The maximum Gasteiger partial charge on any atom is 0.325 e. The van der Waals surface area contributed by atoms with Crippen molar-refractivity contribution in [2.75, 3.05) is 26.7 Å². The second kappa shape index (κ2) is 22.0. The lowest BCUT2D eigenvalue weighted by Gasteiger charge is -2.34. The topological polar surface area (TPSA) is 218 Å². The highest BCUT2D eigenvalue weighted by Gasteiger charge is 2.39. The second-order valence-corrected chi connectivity index (χ2v) is 14.8. The van der Waals surface area contributed by atoms with Crippen molar-refractivity contribution in [3.05, 3.63) is 0 Å². The second-order valence-electron chi connectivity index (χ2n) is 14.8. The van der Waals surface area contributed by atoms with E-state index in [1.165, 1.54) is 4.90 Å². The van der Waals surface area contributed by atoms with Gasteiger partial charge in [-0.1, -0.05) is 72.1 Å². The number of nitrogens with zero attached hydrogens (tertiary/aromatic N) is 1. The van der Waals surface area contributed by atoms with Crippen molar-refractivity contribution in [3.63, 3.8) is 0 Å². The van der Waals surface area contributed by atoms with E-state index in [1.807, 2.05) is 6.92 Å². The molecule has 1 saturated heterocycles. The van der Waals surface area contributed by atoms with Crippen LogP contribution in [0.3, 0.4) is 0 Å². The van der Waals surface area contributed by atoms with Crippen LogP contribution in [0, 0.1) is 11.8 Å². The number of carbonyl (C=O) groups excluding carboxylic acids is 6. The zero-order valence-corrected chi connectivity index (χ0v) is 31.7. The lowest BCUT2D eigenvalue weighted by molar-refractivity contribution is -0.157. The van der Waals surface area contributed by atoms with Gasteiger partial charge in [0.1, 0.15) is 36.8 Å². The molecule has 52 heavy (non-hydrogen) atoms. The molecule has 0 radical (unpaired) electrons. The highest BCUT2D eigenvalue weighted by Crippen LogP contribution is 2.27. The Labute approximate surface area is 308 Å². The first-order valence-electron chi connectivity index (χ1n) is 19.5.